The first-order valence-electron chi connectivity index (χ1n) is 5.87. The highest BCUT2D eigenvalue weighted by molar-refractivity contribution is 4.91. The molecule has 2 nitrogen and oxygen atoms in total. The van der Waals surface area contributed by atoms with Crippen LogP contribution in [0.1, 0.15) is 41.5 Å². The Bertz CT molecular complexity index is 171. The van der Waals surface area contributed by atoms with E-state index in [1.54, 1.807) is 0 Å². The Balaban J connectivity index is 2.70. The standard InChI is InChI=1S/C12H26N2/c1-7-13-8-10(2)14(11(3)9-13)12(4,5)6/h10-11H,7-9H2,1-6H3/t10-,11-/m1/s1. The van der Waals surface area contributed by atoms with Crippen LogP contribution in [-0.2, 0) is 0 Å². The van der Waals surface area contributed by atoms with E-state index in [9.17, 15) is 0 Å². The van der Waals surface area contributed by atoms with Crippen molar-refractivity contribution < 1.29 is 0 Å². The van der Waals surface area contributed by atoms with Crippen LogP contribution in [0, 0.1) is 0 Å². The molecule has 0 aromatic rings. The molecule has 14 heavy (non-hydrogen) atoms. The summed E-state index contributed by atoms with van der Waals surface area (Å²) < 4.78 is 0. The van der Waals surface area contributed by atoms with Crippen molar-refractivity contribution in [3.63, 3.8) is 0 Å². The number of piperazine rings is 1. The fraction of sp³-hybridized carbons (Fsp3) is 1.00. The Kier molecular flexibility index (Phi) is 3.59. The molecule has 0 radical (unpaired) electrons. The Morgan fingerprint density at radius 3 is 1.79 bits per heavy atom. The quantitative estimate of drug-likeness (QED) is 0.637. The number of nitrogens with zero attached hydrogens (tertiary/aromatic N) is 2. The van der Waals surface area contributed by atoms with E-state index in [2.05, 4.69) is 51.3 Å². The summed E-state index contributed by atoms with van der Waals surface area (Å²) in [5.74, 6) is 0. The zero-order valence-electron chi connectivity index (χ0n) is 10.7. The Hall–Kier alpha value is -0.0800. The minimum absolute atomic E-state index is 0.304. The van der Waals surface area contributed by atoms with E-state index < -0.39 is 0 Å². The van der Waals surface area contributed by atoms with E-state index in [1.165, 1.54) is 19.6 Å². The number of likely N-dealkylation sites (N-methyl/N-ethyl adjacent to an activating group) is 1. The molecule has 1 saturated heterocycles. The van der Waals surface area contributed by atoms with Crippen molar-refractivity contribution in [3.05, 3.63) is 0 Å². The normalized spacial score (nSPS) is 32.1. The van der Waals surface area contributed by atoms with Crippen LogP contribution in [0.4, 0.5) is 0 Å². The smallest absolute Gasteiger partial charge is 0.0203 e. The fourth-order valence-corrected chi connectivity index (χ4v) is 3.01. The van der Waals surface area contributed by atoms with Crippen molar-refractivity contribution in [1.82, 2.24) is 9.80 Å². The molecule has 0 aliphatic carbocycles. The van der Waals surface area contributed by atoms with Crippen LogP contribution in [0.3, 0.4) is 0 Å². The van der Waals surface area contributed by atoms with Gasteiger partial charge in [0.25, 0.3) is 0 Å². The highest BCUT2D eigenvalue weighted by Gasteiger charge is 2.35. The molecule has 0 bridgehead atoms. The molecule has 1 aliphatic rings. The first-order chi connectivity index (χ1) is 6.36. The van der Waals surface area contributed by atoms with Crippen LogP contribution in [-0.4, -0.2) is 47.1 Å². The largest absolute Gasteiger partial charge is 0.301 e. The predicted octanol–water partition coefficient (Wildman–Crippen LogP) is 2.20. The molecular formula is C12H26N2. The maximum atomic E-state index is 2.65. The second-order valence-corrected chi connectivity index (χ2v) is 5.63. The maximum absolute atomic E-state index is 2.65. The third-order valence-electron chi connectivity index (χ3n) is 3.22. The molecule has 0 spiro atoms. The zero-order valence-corrected chi connectivity index (χ0v) is 10.7. The summed E-state index contributed by atoms with van der Waals surface area (Å²) in [5, 5.41) is 0. The Morgan fingerprint density at radius 2 is 1.50 bits per heavy atom. The lowest BCUT2D eigenvalue weighted by molar-refractivity contribution is -0.0206. The van der Waals surface area contributed by atoms with Crippen LogP contribution in [0.15, 0.2) is 0 Å². The Labute approximate surface area is 89.3 Å². The highest BCUT2D eigenvalue weighted by atomic mass is 15.3. The van der Waals surface area contributed by atoms with Gasteiger partial charge in [-0.1, -0.05) is 6.92 Å². The third-order valence-corrected chi connectivity index (χ3v) is 3.22. The van der Waals surface area contributed by atoms with Crippen molar-refractivity contribution in [1.29, 1.82) is 0 Å². The van der Waals surface area contributed by atoms with Gasteiger partial charge in [0.1, 0.15) is 0 Å². The van der Waals surface area contributed by atoms with Crippen LogP contribution in [0.2, 0.25) is 0 Å². The van der Waals surface area contributed by atoms with Crippen molar-refractivity contribution in [2.45, 2.75) is 59.2 Å². The van der Waals surface area contributed by atoms with Crippen LogP contribution in [0.25, 0.3) is 0 Å². The minimum Gasteiger partial charge on any atom is -0.301 e. The second-order valence-electron chi connectivity index (χ2n) is 5.63. The molecule has 2 atom stereocenters. The lowest BCUT2D eigenvalue weighted by Crippen LogP contribution is -2.62. The van der Waals surface area contributed by atoms with E-state index in [-0.39, 0.29) is 0 Å². The van der Waals surface area contributed by atoms with E-state index >= 15 is 0 Å². The van der Waals surface area contributed by atoms with Gasteiger partial charge in [0.05, 0.1) is 0 Å². The summed E-state index contributed by atoms with van der Waals surface area (Å²) in [7, 11) is 0. The van der Waals surface area contributed by atoms with Crippen LogP contribution < -0.4 is 0 Å². The molecule has 1 aliphatic heterocycles. The topological polar surface area (TPSA) is 6.48 Å². The lowest BCUT2D eigenvalue weighted by Gasteiger charge is -2.50. The molecule has 0 amide bonds. The van der Waals surface area contributed by atoms with Gasteiger partial charge in [0, 0.05) is 30.7 Å². The van der Waals surface area contributed by atoms with Crippen LogP contribution >= 0.6 is 0 Å². The third kappa shape index (κ3) is 2.48. The van der Waals surface area contributed by atoms with Gasteiger partial charge < -0.3 is 4.90 Å². The van der Waals surface area contributed by atoms with Crippen molar-refractivity contribution >= 4 is 0 Å². The first-order valence-corrected chi connectivity index (χ1v) is 5.87. The van der Waals surface area contributed by atoms with Crippen molar-refractivity contribution in [2.24, 2.45) is 0 Å². The monoisotopic (exact) mass is 198 g/mol. The number of rotatable bonds is 1. The maximum Gasteiger partial charge on any atom is 0.0203 e. The highest BCUT2D eigenvalue weighted by Crippen LogP contribution is 2.24. The molecular weight excluding hydrogens is 172 g/mol. The first kappa shape index (κ1) is 12.0. The molecule has 2 heteroatoms. The van der Waals surface area contributed by atoms with E-state index in [1.807, 2.05) is 0 Å². The molecule has 0 saturated carbocycles. The van der Waals surface area contributed by atoms with E-state index in [0.29, 0.717) is 17.6 Å². The average Bonchev–Trinajstić information content (AvgIpc) is 1.99. The summed E-state index contributed by atoms with van der Waals surface area (Å²) in [6.45, 7) is 17.5. The summed E-state index contributed by atoms with van der Waals surface area (Å²) in [4.78, 5) is 5.21. The van der Waals surface area contributed by atoms with Gasteiger partial charge in [-0.2, -0.15) is 0 Å². The van der Waals surface area contributed by atoms with E-state index in [4.69, 9.17) is 0 Å². The Morgan fingerprint density at radius 1 is 1.07 bits per heavy atom. The molecule has 0 unspecified atom stereocenters. The van der Waals surface area contributed by atoms with Gasteiger partial charge in [-0.25, -0.2) is 0 Å². The molecule has 0 aromatic heterocycles. The molecule has 84 valence electrons. The van der Waals surface area contributed by atoms with Crippen LogP contribution in [0.5, 0.6) is 0 Å². The average molecular weight is 198 g/mol. The van der Waals surface area contributed by atoms with Gasteiger partial charge in [-0.05, 0) is 41.2 Å². The SMILES string of the molecule is CCN1C[C@@H](C)N(C(C)(C)C)[C@H](C)C1. The fourth-order valence-electron chi connectivity index (χ4n) is 3.01. The van der Waals surface area contributed by atoms with Gasteiger partial charge in [0.2, 0.25) is 0 Å². The predicted molar refractivity (Wildman–Crippen MR) is 62.6 cm³/mol. The summed E-state index contributed by atoms with van der Waals surface area (Å²) in [6, 6.07) is 1.36. The van der Waals surface area contributed by atoms with Gasteiger partial charge >= 0.3 is 0 Å². The van der Waals surface area contributed by atoms with Crippen molar-refractivity contribution in [3.8, 4) is 0 Å². The molecule has 1 heterocycles. The zero-order chi connectivity index (χ0) is 10.9. The minimum atomic E-state index is 0.304. The number of hydrogen-bond acceptors (Lipinski definition) is 2. The van der Waals surface area contributed by atoms with E-state index in [0.717, 1.165) is 0 Å². The van der Waals surface area contributed by atoms with Crippen molar-refractivity contribution in [2.75, 3.05) is 19.6 Å². The van der Waals surface area contributed by atoms with Gasteiger partial charge in [-0.15, -0.1) is 0 Å². The lowest BCUT2D eigenvalue weighted by atomic mass is 9.97. The molecule has 0 N–H and O–H groups in total. The van der Waals surface area contributed by atoms with Gasteiger partial charge in [0.15, 0.2) is 0 Å². The molecule has 1 fully saturated rings. The second kappa shape index (κ2) is 4.19. The van der Waals surface area contributed by atoms with Gasteiger partial charge in [-0.3, -0.25) is 4.90 Å². The molecule has 1 rings (SSSR count). The summed E-state index contributed by atoms with van der Waals surface area (Å²) in [5.41, 5.74) is 0.304. The molecule has 0 aromatic carbocycles. The summed E-state index contributed by atoms with van der Waals surface area (Å²) >= 11 is 0. The summed E-state index contributed by atoms with van der Waals surface area (Å²) in [6.07, 6.45) is 0. The number of hydrogen-bond donors (Lipinski definition) is 0.